The Morgan fingerprint density at radius 1 is 1.29 bits per heavy atom. The van der Waals surface area contributed by atoms with Gasteiger partial charge in [0.25, 0.3) is 5.91 Å². The second-order valence-corrected chi connectivity index (χ2v) is 8.08. The summed E-state index contributed by atoms with van der Waals surface area (Å²) < 4.78 is 5.60. The molecule has 28 heavy (non-hydrogen) atoms. The number of carbonyl (C=O) groups excluding carboxylic acids is 2. The first kappa shape index (κ1) is 18.7. The number of ether oxygens (including phenoxy) is 1. The minimum absolute atomic E-state index is 0.0112. The number of cyclic esters (lactones) is 1. The summed E-state index contributed by atoms with van der Waals surface area (Å²) in [7, 11) is 3.97. The number of nitrogens with zero attached hydrogens (tertiary/aromatic N) is 3. The third-order valence-corrected chi connectivity index (χ3v) is 5.81. The van der Waals surface area contributed by atoms with Crippen molar-refractivity contribution in [1.29, 1.82) is 0 Å². The molecule has 2 aromatic rings. The van der Waals surface area contributed by atoms with Crippen LogP contribution in [0.15, 0.2) is 36.7 Å². The molecule has 0 saturated carbocycles. The van der Waals surface area contributed by atoms with E-state index in [0.29, 0.717) is 31.5 Å². The number of amides is 1. The van der Waals surface area contributed by atoms with Gasteiger partial charge in [-0.3, -0.25) is 9.59 Å². The van der Waals surface area contributed by atoms with Crippen molar-refractivity contribution in [2.24, 2.45) is 5.41 Å². The molecule has 7 heteroatoms. The number of aromatic nitrogens is 2. The predicted molar refractivity (Wildman–Crippen MR) is 105 cm³/mol. The van der Waals surface area contributed by atoms with Crippen molar-refractivity contribution >= 4 is 11.9 Å². The van der Waals surface area contributed by atoms with Crippen LogP contribution in [0.1, 0.15) is 29.6 Å². The van der Waals surface area contributed by atoms with Gasteiger partial charge in [-0.25, -0.2) is 4.98 Å². The lowest BCUT2D eigenvalue weighted by atomic mass is 9.76. The van der Waals surface area contributed by atoms with Gasteiger partial charge in [0.2, 0.25) is 0 Å². The summed E-state index contributed by atoms with van der Waals surface area (Å²) in [6.07, 6.45) is 5.53. The van der Waals surface area contributed by atoms with Crippen molar-refractivity contribution in [3.8, 4) is 11.4 Å². The van der Waals surface area contributed by atoms with Gasteiger partial charge < -0.3 is 19.5 Å². The van der Waals surface area contributed by atoms with E-state index in [1.165, 1.54) is 0 Å². The first-order valence-electron chi connectivity index (χ1n) is 9.72. The topological polar surface area (TPSA) is 78.5 Å². The molecular weight excluding hydrogens is 356 g/mol. The molecule has 2 fully saturated rings. The first-order chi connectivity index (χ1) is 13.5. The normalized spacial score (nSPS) is 21.3. The number of carbonyl (C=O) groups is 2. The summed E-state index contributed by atoms with van der Waals surface area (Å²) in [6, 6.07) is 7.47. The number of imidazole rings is 1. The molecule has 1 atom stereocenters. The van der Waals surface area contributed by atoms with Crippen LogP contribution < -0.4 is 0 Å². The van der Waals surface area contributed by atoms with E-state index < -0.39 is 5.41 Å². The van der Waals surface area contributed by atoms with E-state index >= 15 is 0 Å². The number of H-pyrrole nitrogens is 1. The highest BCUT2D eigenvalue weighted by atomic mass is 16.6. The van der Waals surface area contributed by atoms with Crippen LogP contribution in [0.5, 0.6) is 0 Å². The van der Waals surface area contributed by atoms with Crippen LogP contribution in [0.4, 0.5) is 0 Å². The maximum atomic E-state index is 12.9. The molecular formula is C21H26N4O3. The van der Waals surface area contributed by atoms with E-state index in [2.05, 4.69) is 9.97 Å². The van der Waals surface area contributed by atoms with Crippen molar-refractivity contribution < 1.29 is 14.3 Å². The Labute approximate surface area is 164 Å². The van der Waals surface area contributed by atoms with Crippen LogP contribution in [0.3, 0.4) is 0 Å². The zero-order valence-corrected chi connectivity index (χ0v) is 16.4. The monoisotopic (exact) mass is 382 g/mol. The fourth-order valence-electron chi connectivity index (χ4n) is 4.27. The average molecular weight is 382 g/mol. The lowest BCUT2D eigenvalue weighted by Gasteiger charge is -2.36. The van der Waals surface area contributed by atoms with Crippen molar-refractivity contribution in [2.75, 3.05) is 33.7 Å². The molecule has 1 aromatic heterocycles. The maximum Gasteiger partial charge on any atom is 0.312 e. The number of rotatable bonds is 4. The fourth-order valence-corrected chi connectivity index (χ4v) is 4.27. The molecule has 3 heterocycles. The Morgan fingerprint density at radius 3 is 2.61 bits per heavy atom. The Balaban J connectivity index is 1.38. The number of nitrogens with one attached hydrogen (secondary N) is 1. The average Bonchev–Trinajstić information content (AvgIpc) is 3.31. The summed E-state index contributed by atoms with van der Waals surface area (Å²) in [6.45, 7) is 1.92. The molecule has 2 aliphatic rings. The highest BCUT2D eigenvalue weighted by Crippen LogP contribution is 2.43. The van der Waals surface area contributed by atoms with Crippen molar-refractivity contribution in [1.82, 2.24) is 19.8 Å². The molecule has 0 aliphatic carbocycles. The van der Waals surface area contributed by atoms with E-state index in [9.17, 15) is 9.59 Å². The molecule has 1 aromatic carbocycles. The largest absolute Gasteiger partial charge is 0.461 e. The SMILES string of the molecule is CN(C)CC1CC2(CCN(C(=O)c3ccc(-c4ncc[nH]4)cc3)CC2)C(=O)O1. The van der Waals surface area contributed by atoms with Gasteiger partial charge >= 0.3 is 5.97 Å². The zero-order chi connectivity index (χ0) is 19.7. The Hall–Kier alpha value is -2.67. The van der Waals surface area contributed by atoms with E-state index in [1.54, 1.807) is 12.4 Å². The summed E-state index contributed by atoms with van der Waals surface area (Å²) in [5, 5.41) is 0. The molecule has 1 amide bonds. The van der Waals surface area contributed by atoms with Crippen LogP contribution >= 0.6 is 0 Å². The molecule has 1 unspecified atom stereocenters. The Morgan fingerprint density at radius 2 is 2.00 bits per heavy atom. The number of likely N-dealkylation sites (tertiary alicyclic amines) is 1. The molecule has 2 aliphatic heterocycles. The number of benzene rings is 1. The molecule has 148 valence electrons. The second kappa shape index (κ2) is 7.39. The molecule has 1 spiro atoms. The lowest BCUT2D eigenvalue weighted by Crippen LogP contribution is -2.45. The van der Waals surface area contributed by atoms with Gasteiger partial charge in [-0.15, -0.1) is 0 Å². The first-order valence-corrected chi connectivity index (χ1v) is 9.72. The standard InChI is InChI=1S/C21H26N4O3/c1-24(2)14-17-13-21(20(27)28-17)7-11-25(12-8-21)19(26)16-5-3-15(4-6-16)18-22-9-10-23-18/h3-6,9-10,17H,7-8,11-14H2,1-2H3,(H,22,23). The number of likely N-dealkylation sites (N-methyl/N-ethyl adjacent to an activating group) is 1. The number of aromatic amines is 1. The highest BCUT2D eigenvalue weighted by molar-refractivity contribution is 5.95. The maximum absolute atomic E-state index is 12.9. The minimum Gasteiger partial charge on any atom is -0.461 e. The van der Waals surface area contributed by atoms with Gasteiger partial charge in [0.05, 0.1) is 5.41 Å². The minimum atomic E-state index is -0.416. The number of hydrogen-bond acceptors (Lipinski definition) is 5. The predicted octanol–water partition coefficient (Wildman–Crippen LogP) is 2.18. The van der Waals surface area contributed by atoms with Gasteiger partial charge in [-0.2, -0.15) is 0 Å². The van der Waals surface area contributed by atoms with Crippen molar-refractivity contribution in [3.63, 3.8) is 0 Å². The second-order valence-electron chi connectivity index (χ2n) is 8.08. The molecule has 0 radical (unpaired) electrons. The van der Waals surface area contributed by atoms with Crippen LogP contribution in [-0.2, 0) is 9.53 Å². The quantitative estimate of drug-likeness (QED) is 0.820. The molecule has 2 saturated heterocycles. The van der Waals surface area contributed by atoms with Gasteiger partial charge in [-0.1, -0.05) is 12.1 Å². The van der Waals surface area contributed by atoms with Gasteiger partial charge in [0, 0.05) is 49.6 Å². The van der Waals surface area contributed by atoms with Crippen molar-refractivity contribution in [3.05, 3.63) is 42.2 Å². The highest BCUT2D eigenvalue weighted by Gasteiger charge is 2.50. The number of hydrogen-bond donors (Lipinski definition) is 1. The van der Waals surface area contributed by atoms with E-state index in [-0.39, 0.29) is 18.0 Å². The van der Waals surface area contributed by atoms with Crippen molar-refractivity contribution in [2.45, 2.75) is 25.4 Å². The summed E-state index contributed by atoms with van der Waals surface area (Å²) in [4.78, 5) is 36.5. The van der Waals surface area contributed by atoms with Crippen LogP contribution in [0, 0.1) is 5.41 Å². The number of piperidine rings is 1. The smallest absolute Gasteiger partial charge is 0.312 e. The third-order valence-electron chi connectivity index (χ3n) is 5.81. The van der Waals surface area contributed by atoms with E-state index in [4.69, 9.17) is 4.74 Å². The van der Waals surface area contributed by atoms with E-state index in [1.807, 2.05) is 48.2 Å². The Bertz CT molecular complexity index is 837. The van der Waals surface area contributed by atoms with E-state index in [0.717, 1.165) is 24.4 Å². The lowest BCUT2D eigenvalue weighted by molar-refractivity contribution is -0.150. The zero-order valence-electron chi connectivity index (χ0n) is 16.4. The van der Waals surface area contributed by atoms with Gasteiger partial charge in [0.1, 0.15) is 11.9 Å². The fraction of sp³-hybridized carbons (Fsp3) is 0.476. The molecule has 7 nitrogen and oxygen atoms in total. The van der Waals surface area contributed by atoms with Crippen LogP contribution in [0.2, 0.25) is 0 Å². The summed E-state index contributed by atoms with van der Waals surface area (Å²) >= 11 is 0. The Kier molecular flexibility index (Phi) is 4.93. The van der Waals surface area contributed by atoms with Gasteiger partial charge in [0.15, 0.2) is 0 Å². The van der Waals surface area contributed by atoms with Gasteiger partial charge in [-0.05, 0) is 39.1 Å². The van der Waals surface area contributed by atoms with Crippen LogP contribution in [-0.4, -0.2) is 71.5 Å². The van der Waals surface area contributed by atoms with Crippen LogP contribution in [0.25, 0.3) is 11.4 Å². The molecule has 1 N–H and O–H groups in total. The molecule has 0 bridgehead atoms. The summed E-state index contributed by atoms with van der Waals surface area (Å²) in [5.41, 5.74) is 1.19. The third kappa shape index (κ3) is 3.54. The molecule has 4 rings (SSSR count). The number of esters is 1. The summed E-state index contributed by atoms with van der Waals surface area (Å²) in [5.74, 6) is 0.706.